The van der Waals surface area contributed by atoms with Crippen molar-refractivity contribution in [2.24, 2.45) is 0 Å². The molecule has 3 rings (SSSR count). The van der Waals surface area contributed by atoms with Gasteiger partial charge in [-0.05, 0) is 49.2 Å². The van der Waals surface area contributed by atoms with Crippen molar-refractivity contribution in [3.05, 3.63) is 84.1 Å². The quantitative estimate of drug-likeness (QED) is 0.666. The molecular formula is C21H23N3O2S. The van der Waals surface area contributed by atoms with Gasteiger partial charge in [-0.3, -0.25) is 4.31 Å². The van der Waals surface area contributed by atoms with Crippen molar-refractivity contribution in [2.45, 2.75) is 25.3 Å². The molecule has 0 atom stereocenters. The van der Waals surface area contributed by atoms with Gasteiger partial charge in [0.1, 0.15) is 10.7 Å². The summed E-state index contributed by atoms with van der Waals surface area (Å²) in [5, 5.41) is 3.24. The molecule has 0 saturated heterocycles. The number of nitrogens with one attached hydrogen (secondary N) is 1. The number of aromatic nitrogens is 1. The van der Waals surface area contributed by atoms with E-state index in [1.54, 1.807) is 24.3 Å². The van der Waals surface area contributed by atoms with Crippen LogP contribution in [0.1, 0.15) is 18.1 Å². The van der Waals surface area contributed by atoms with Crippen molar-refractivity contribution < 1.29 is 8.42 Å². The van der Waals surface area contributed by atoms with Crippen LogP contribution in [0.5, 0.6) is 0 Å². The van der Waals surface area contributed by atoms with Crippen LogP contribution in [-0.2, 0) is 16.6 Å². The molecule has 0 aliphatic carbocycles. The second-order valence-electron chi connectivity index (χ2n) is 6.16. The highest BCUT2D eigenvalue weighted by Crippen LogP contribution is 2.23. The largest absolute Gasteiger partial charge is 0.366 e. The lowest BCUT2D eigenvalue weighted by Gasteiger charge is -2.22. The van der Waals surface area contributed by atoms with Gasteiger partial charge in [-0.1, -0.05) is 42.5 Å². The molecule has 140 valence electrons. The number of sulfonamides is 1. The Kier molecular flexibility index (Phi) is 5.76. The molecule has 1 N–H and O–H groups in total. The Labute approximate surface area is 160 Å². The Morgan fingerprint density at radius 1 is 0.963 bits per heavy atom. The zero-order chi connectivity index (χ0) is 19.3. The van der Waals surface area contributed by atoms with Gasteiger partial charge in [0.25, 0.3) is 10.0 Å². The normalized spacial score (nSPS) is 11.2. The topological polar surface area (TPSA) is 62.3 Å². The molecule has 0 bridgehead atoms. The summed E-state index contributed by atoms with van der Waals surface area (Å²) < 4.78 is 27.3. The SMILES string of the molecule is CCN(c1ccccc1)S(=O)(=O)c1ccc(NCc2ccccc2C)nc1. The summed E-state index contributed by atoms with van der Waals surface area (Å²) in [7, 11) is -3.65. The van der Waals surface area contributed by atoms with Crippen LogP contribution < -0.4 is 9.62 Å². The minimum Gasteiger partial charge on any atom is -0.366 e. The average molecular weight is 382 g/mol. The third-order valence-corrected chi connectivity index (χ3v) is 6.26. The van der Waals surface area contributed by atoms with Crippen molar-refractivity contribution in [1.29, 1.82) is 0 Å². The van der Waals surface area contributed by atoms with Crippen molar-refractivity contribution in [2.75, 3.05) is 16.2 Å². The van der Waals surface area contributed by atoms with E-state index in [2.05, 4.69) is 29.4 Å². The molecule has 0 saturated carbocycles. The van der Waals surface area contributed by atoms with E-state index in [0.717, 1.165) is 0 Å². The number of hydrogen-bond donors (Lipinski definition) is 1. The van der Waals surface area contributed by atoms with E-state index in [1.165, 1.54) is 21.6 Å². The minimum absolute atomic E-state index is 0.176. The van der Waals surface area contributed by atoms with Crippen LogP contribution in [0.15, 0.2) is 77.8 Å². The number of hydrogen-bond acceptors (Lipinski definition) is 4. The number of nitrogens with zero attached hydrogens (tertiary/aromatic N) is 2. The molecule has 5 nitrogen and oxygen atoms in total. The van der Waals surface area contributed by atoms with Crippen LogP contribution in [0.2, 0.25) is 0 Å². The summed E-state index contributed by atoms with van der Waals surface area (Å²) in [6.07, 6.45) is 1.40. The summed E-state index contributed by atoms with van der Waals surface area (Å²) in [5.41, 5.74) is 3.02. The molecule has 0 aliphatic heterocycles. The van der Waals surface area contributed by atoms with Gasteiger partial charge in [-0.15, -0.1) is 0 Å². The predicted molar refractivity (Wildman–Crippen MR) is 109 cm³/mol. The van der Waals surface area contributed by atoms with Crippen molar-refractivity contribution in [3.63, 3.8) is 0 Å². The first-order valence-electron chi connectivity index (χ1n) is 8.84. The van der Waals surface area contributed by atoms with E-state index in [1.807, 2.05) is 37.3 Å². The molecule has 0 unspecified atom stereocenters. The minimum atomic E-state index is -3.65. The summed E-state index contributed by atoms with van der Waals surface area (Å²) >= 11 is 0. The van der Waals surface area contributed by atoms with Gasteiger partial charge < -0.3 is 5.32 Å². The number of benzene rings is 2. The zero-order valence-corrected chi connectivity index (χ0v) is 16.3. The lowest BCUT2D eigenvalue weighted by Crippen LogP contribution is -2.30. The summed E-state index contributed by atoms with van der Waals surface area (Å²) in [4.78, 5) is 4.46. The Hall–Kier alpha value is -2.86. The zero-order valence-electron chi connectivity index (χ0n) is 15.5. The molecule has 2 aromatic carbocycles. The number of aryl methyl sites for hydroxylation is 1. The summed E-state index contributed by atoms with van der Waals surface area (Å²) in [6.45, 7) is 4.86. The maximum Gasteiger partial charge on any atom is 0.265 e. The molecule has 3 aromatic rings. The summed E-state index contributed by atoms with van der Waals surface area (Å²) in [6, 6.07) is 20.5. The Bertz CT molecular complexity index is 987. The first-order valence-corrected chi connectivity index (χ1v) is 10.3. The van der Waals surface area contributed by atoms with Crippen molar-refractivity contribution in [1.82, 2.24) is 4.98 Å². The summed E-state index contributed by atoms with van der Waals surface area (Å²) in [5.74, 6) is 0.639. The lowest BCUT2D eigenvalue weighted by atomic mass is 10.1. The second-order valence-corrected chi connectivity index (χ2v) is 8.03. The van der Waals surface area contributed by atoms with Gasteiger partial charge >= 0.3 is 0 Å². The van der Waals surface area contributed by atoms with Gasteiger partial charge in [0.2, 0.25) is 0 Å². The lowest BCUT2D eigenvalue weighted by molar-refractivity contribution is 0.591. The smallest absolute Gasteiger partial charge is 0.265 e. The van der Waals surface area contributed by atoms with Crippen LogP contribution >= 0.6 is 0 Å². The van der Waals surface area contributed by atoms with E-state index < -0.39 is 10.0 Å². The Balaban J connectivity index is 1.76. The first-order chi connectivity index (χ1) is 13.0. The van der Waals surface area contributed by atoms with Crippen LogP contribution in [-0.4, -0.2) is 19.9 Å². The number of anilines is 2. The van der Waals surface area contributed by atoms with Gasteiger partial charge in [-0.2, -0.15) is 0 Å². The third kappa shape index (κ3) is 4.28. The van der Waals surface area contributed by atoms with Crippen LogP contribution in [0.4, 0.5) is 11.5 Å². The molecular weight excluding hydrogens is 358 g/mol. The highest BCUT2D eigenvalue weighted by molar-refractivity contribution is 7.92. The predicted octanol–water partition coefficient (Wildman–Crippen LogP) is 4.22. The standard InChI is InChI=1S/C21H23N3O2S/c1-3-24(19-11-5-4-6-12-19)27(25,26)20-13-14-21(23-16-20)22-15-18-10-8-7-9-17(18)2/h4-14,16H,3,15H2,1-2H3,(H,22,23). The molecule has 0 spiro atoms. The molecule has 0 radical (unpaired) electrons. The second kappa shape index (κ2) is 8.22. The fraction of sp³-hybridized carbons (Fsp3) is 0.190. The van der Waals surface area contributed by atoms with Crippen LogP contribution in [0.3, 0.4) is 0 Å². The van der Waals surface area contributed by atoms with E-state index in [0.29, 0.717) is 24.6 Å². The Morgan fingerprint density at radius 3 is 2.30 bits per heavy atom. The highest BCUT2D eigenvalue weighted by Gasteiger charge is 2.23. The molecule has 0 aliphatic rings. The molecule has 27 heavy (non-hydrogen) atoms. The average Bonchev–Trinajstić information content (AvgIpc) is 2.69. The first kappa shape index (κ1) is 18.9. The molecule has 0 amide bonds. The van der Waals surface area contributed by atoms with Crippen molar-refractivity contribution in [3.8, 4) is 0 Å². The van der Waals surface area contributed by atoms with Crippen molar-refractivity contribution >= 4 is 21.5 Å². The fourth-order valence-corrected chi connectivity index (χ4v) is 4.26. The van der Waals surface area contributed by atoms with Gasteiger partial charge in [0.05, 0.1) is 5.69 Å². The third-order valence-electron chi connectivity index (χ3n) is 4.38. The maximum absolute atomic E-state index is 13.0. The van der Waals surface area contributed by atoms with E-state index in [-0.39, 0.29) is 4.90 Å². The van der Waals surface area contributed by atoms with E-state index in [4.69, 9.17) is 0 Å². The number of para-hydroxylation sites is 1. The number of rotatable bonds is 7. The maximum atomic E-state index is 13.0. The van der Waals surface area contributed by atoms with E-state index in [9.17, 15) is 8.42 Å². The van der Waals surface area contributed by atoms with Crippen LogP contribution in [0, 0.1) is 6.92 Å². The fourth-order valence-electron chi connectivity index (χ4n) is 2.84. The monoisotopic (exact) mass is 381 g/mol. The number of pyridine rings is 1. The van der Waals surface area contributed by atoms with Gasteiger partial charge in [-0.25, -0.2) is 13.4 Å². The molecule has 6 heteroatoms. The van der Waals surface area contributed by atoms with Crippen LogP contribution in [0.25, 0.3) is 0 Å². The van der Waals surface area contributed by atoms with Gasteiger partial charge in [0.15, 0.2) is 0 Å². The highest BCUT2D eigenvalue weighted by atomic mass is 32.2. The molecule has 1 heterocycles. The van der Waals surface area contributed by atoms with E-state index >= 15 is 0 Å². The van der Waals surface area contributed by atoms with Gasteiger partial charge in [0, 0.05) is 19.3 Å². The molecule has 1 aromatic heterocycles. The Morgan fingerprint density at radius 2 is 1.67 bits per heavy atom. The molecule has 0 fully saturated rings.